The number of allylic oxidation sites excluding steroid dienone is 2. The van der Waals surface area contributed by atoms with Crippen LogP contribution in [0.15, 0.2) is 136 Å². The topological polar surface area (TPSA) is 9.23 Å². The van der Waals surface area contributed by atoms with E-state index in [1.54, 1.807) is 0 Å². The fourth-order valence-corrected chi connectivity index (χ4v) is 4.76. The minimum absolute atomic E-state index is 0.301. The third-order valence-electron chi connectivity index (χ3n) is 6.57. The van der Waals surface area contributed by atoms with Gasteiger partial charge < -0.3 is 4.74 Å². The molecular weight excluding hydrogens is 448 g/mol. The maximum atomic E-state index is 7.23. The van der Waals surface area contributed by atoms with Crippen LogP contribution < -0.4 is 0 Å². The minimum Gasteiger partial charge on any atom is -0.356 e. The number of ether oxygens (including phenoxy) is 1. The van der Waals surface area contributed by atoms with Gasteiger partial charge in [0.05, 0.1) is 0 Å². The van der Waals surface area contributed by atoms with E-state index < -0.39 is 0 Å². The van der Waals surface area contributed by atoms with Gasteiger partial charge in [-0.25, -0.2) is 0 Å². The van der Waals surface area contributed by atoms with E-state index >= 15 is 0 Å². The third kappa shape index (κ3) is 6.14. The molecule has 0 radical (unpaired) electrons. The number of hydrogen-bond donors (Lipinski definition) is 0. The molecule has 0 saturated carbocycles. The predicted octanol–water partition coefficient (Wildman–Crippen LogP) is 9.33. The highest BCUT2D eigenvalue weighted by Crippen LogP contribution is 2.39. The summed E-state index contributed by atoms with van der Waals surface area (Å²) in [5, 5.41) is 0. The summed E-state index contributed by atoms with van der Waals surface area (Å²) in [5.74, 6) is 0. The van der Waals surface area contributed by atoms with E-state index in [0.717, 1.165) is 46.2 Å². The number of benzene rings is 4. The van der Waals surface area contributed by atoms with E-state index in [1.165, 1.54) is 11.1 Å². The van der Waals surface area contributed by atoms with Crippen LogP contribution >= 0.6 is 0 Å². The molecule has 2 atom stereocenters. The second-order valence-electron chi connectivity index (χ2n) is 9.03. The second kappa shape index (κ2) is 12.7. The summed E-state index contributed by atoms with van der Waals surface area (Å²) in [6.07, 6.45) is 8.57. The molecule has 4 rings (SSSR count). The van der Waals surface area contributed by atoms with Gasteiger partial charge in [0.2, 0.25) is 0 Å². The van der Waals surface area contributed by atoms with Crippen molar-refractivity contribution in [2.45, 2.75) is 25.0 Å². The van der Waals surface area contributed by atoms with Crippen molar-refractivity contribution in [3.8, 4) is 0 Å². The van der Waals surface area contributed by atoms with Crippen molar-refractivity contribution in [2.24, 2.45) is 0 Å². The van der Waals surface area contributed by atoms with Gasteiger partial charge in [-0.3, -0.25) is 0 Å². The molecule has 1 heteroatoms. The lowest BCUT2D eigenvalue weighted by Crippen LogP contribution is -2.16. The van der Waals surface area contributed by atoms with Crippen molar-refractivity contribution in [1.29, 1.82) is 0 Å². The van der Waals surface area contributed by atoms with Crippen LogP contribution in [-0.2, 0) is 17.6 Å². The zero-order valence-corrected chi connectivity index (χ0v) is 21.4. The lowest BCUT2D eigenvalue weighted by molar-refractivity contribution is 0.0300. The van der Waals surface area contributed by atoms with Gasteiger partial charge in [-0.05, 0) is 69.5 Å². The average molecular weight is 483 g/mol. The summed E-state index contributed by atoms with van der Waals surface area (Å²) in [5.41, 5.74) is 8.95. The number of hydrogen-bond acceptors (Lipinski definition) is 1. The summed E-state index contributed by atoms with van der Waals surface area (Å²) in [7, 11) is 0. The van der Waals surface area contributed by atoms with Crippen molar-refractivity contribution in [3.05, 3.63) is 180 Å². The lowest BCUT2D eigenvalue weighted by atomic mass is 9.91. The molecular formula is C36H34O. The quantitative estimate of drug-likeness (QED) is 0.183. The lowest BCUT2D eigenvalue weighted by Gasteiger charge is -2.29. The Morgan fingerprint density at radius 2 is 0.973 bits per heavy atom. The SMILES string of the molecule is C=CCc1ccccc1C(OC(c1cccc(C=C)c1)c1ccccc1CC=C)c1cccc(C=C)c1. The molecule has 0 aliphatic rings. The van der Waals surface area contributed by atoms with Gasteiger partial charge in [-0.2, -0.15) is 0 Å². The maximum Gasteiger partial charge on any atom is 0.109 e. The van der Waals surface area contributed by atoms with Crippen LogP contribution in [0.5, 0.6) is 0 Å². The predicted molar refractivity (Wildman–Crippen MR) is 159 cm³/mol. The Morgan fingerprint density at radius 3 is 1.38 bits per heavy atom. The van der Waals surface area contributed by atoms with E-state index in [9.17, 15) is 0 Å². The van der Waals surface area contributed by atoms with E-state index in [2.05, 4.69) is 123 Å². The highest BCUT2D eigenvalue weighted by Gasteiger charge is 2.26. The molecule has 0 fully saturated rings. The van der Waals surface area contributed by atoms with Gasteiger partial charge in [0.25, 0.3) is 0 Å². The van der Waals surface area contributed by atoms with Crippen LogP contribution in [-0.4, -0.2) is 0 Å². The van der Waals surface area contributed by atoms with E-state index in [0.29, 0.717) is 0 Å². The summed E-state index contributed by atoms with van der Waals surface area (Å²) >= 11 is 0. The van der Waals surface area contributed by atoms with Gasteiger partial charge in [0.1, 0.15) is 12.2 Å². The minimum atomic E-state index is -0.301. The smallest absolute Gasteiger partial charge is 0.109 e. The van der Waals surface area contributed by atoms with Crippen molar-refractivity contribution in [1.82, 2.24) is 0 Å². The molecule has 184 valence electrons. The van der Waals surface area contributed by atoms with Crippen LogP contribution in [0, 0.1) is 0 Å². The van der Waals surface area contributed by atoms with Gasteiger partial charge >= 0.3 is 0 Å². The molecule has 0 aliphatic heterocycles. The van der Waals surface area contributed by atoms with Gasteiger partial charge in [0, 0.05) is 0 Å². The first-order chi connectivity index (χ1) is 18.2. The van der Waals surface area contributed by atoms with Gasteiger partial charge in [0.15, 0.2) is 0 Å². The van der Waals surface area contributed by atoms with Crippen molar-refractivity contribution >= 4 is 12.2 Å². The zero-order chi connectivity index (χ0) is 26.0. The molecule has 2 unspecified atom stereocenters. The summed E-state index contributed by atoms with van der Waals surface area (Å²) in [6.45, 7) is 16.0. The normalized spacial score (nSPS) is 12.3. The van der Waals surface area contributed by atoms with Crippen LogP contribution in [0.1, 0.15) is 56.7 Å². The summed E-state index contributed by atoms with van der Waals surface area (Å²) in [6, 6.07) is 33.8. The Hall–Kier alpha value is -4.20. The Kier molecular flexibility index (Phi) is 8.86. The summed E-state index contributed by atoms with van der Waals surface area (Å²) in [4.78, 5) is 0. The van der Waals surface area contributed by atoms with E-state index in [-0.39, 0.29) is 12.2 Å². The Morgan fingerprint density at radius 1 is 0.541 bits per heavy atom. The Balaban J connectivity index is 1.93. The second-order valence-corrected chi connectivity index (χ2v) is 9.03. The van der Waals surface area contributed by atoms with E-state index in [1.807, 2.05) is 24.3 Å². The van der Waals surface area contributed by atoms with Crippen LogP contribution in [0.3, 0.4) is 0 Å². The highest BCUT2D eigenvalue weighted by atomic mass is 16.5. The molecule has 0 spiro atoms. The third-order valence-corrected chi connectivity index (χ3v) is 6.57. The molecule has 0 N–H and O–H groups in total. The van der Waals surface area contributed by atoms with Crippen molar-refractivity contribution in [3.63, 3.8) is 0 Å². The molecule has 0 bridgehead atoms. The van der Waals surface area contributed by atoms with Gasteiger partial charge in [-0.1, -0.05) is 122 Å². The zero-order valence-electron chi connectivity index (χ0n) is 21.4. The molecule has 0 saturated heterocycles. The first-order valence-electron chi connectivity index (χ1n) is 12.7. The first-order valence-corrected chi connectivity index (χ1v) is 12.7. The standard InChI is InChI=1S/C36H34O/c1-5-15-29-19-9-11-23-33(29)35(31-21-13-17-27(7-3)25-31)37-36(32-22-14-18-28(8-4)26-32)34-24-12-10-20-30(34)16-6-2/h5-14,17-26,35-36H,1-4,15-16H2. The van der Waals surface area contributed by atoms with Crippen LogP contribution in [0.25, 0.3) is 12.2 Å². The fraction of sp³-hybridized carbons (Fsp3) is 0.111. The molecule has 0 aromatic heterocycles. The van der Waals surface area contributed by atoms with E-state index in [4.69, 9.17) is 4.74 Å². The molecule has 0 heterocycles. The molecule has 0 aliphatic carbocycles. The van der Waals surface area contributed by atoms with Gasteiger partial charge in [-0.15, -0.1) is 13.2 Å². The fourth-order valence-electron chi connectivity index (χ4n) is 4.76. The highest BCUT2D eigenvalue weighted by molar-refractivity contribution is 5.51. The molecule has 37 heavy (non-hydrogen) atoms. The molecule has 0 amide bonds. The van der Waals surface area contributed by atoms with Crippen LogP contribution in [0.2, 0.25) is 0 Å². The monoisotopic (exact) mass is 482 g/mol. The average Bonchev–Trinajstić information content (AvgIpc) is 2.95. The summed E-state index contributed by atoms with van der Waals surface area (Å²) < 4.78 is 7.23. The van der Waals surface area contributed by atoms with Crippen LogP contribution in [0.4, 0.5) is 0 Å². The Labute approximate surface area is 221 Å². The first kappa shape index (κ1) is 25.9. The van der Waals surface area contributed by atoms with Crippen molar-refractivity contribution in [2.75, 3.05) is 0 Å². The maximum absolute atomic E-state index is 7.23. The van der Waals surface area contributed by atoms with Crippen molar-refractivity contribution < 1.29 is 4.74 Å². The number of rotatable bonds is 12. The molecule has 4 aromatic carbocycles. The Bertz CT molecular complexity index is 1290. The molecule has 1 nitrogen and oxygen atoms in total. The molecule has 4 aromatic rings. The largest absolute Gasteiger partial charge is 0.356 e.